The van der Waals surface area contributed by atoms with Gasteiger partial charge in [0.25, 0.3) is 0 Å². The molecule has 0 saturated carbocycles. The van der Waals surface area contributed by atoms with Crippen molar-refractivity contribution in [2.24, 2.45) is 7.05 Å². The molecule has 0 bridgehead atoms. The molecule has 0 unspecified atom stereocenters. The molecule has 5 heteroatoms. The number of aryl methyl sites for hydroxylation is 2. The molecule has 0 amide bonds. The van der Waals surface area contributed by atoms with Gasteiger partial charge < -0.3 is 10.1 Å². The number of aromatic nitrogens is 2. The van der Waals surface area contributed by atoms with Crippen molar-refractivity contribution in [3.05, 3.63) is 45.7 Å². The van der Waals surface area contributed by atoms with Gasteiger partial charge in [0, 0.05) is 19.8 Å². The van der Waals surface area contributed by atoms with E-state index in [1.54, 1.807) is 7.11 Å². The lowest BCUT2D eigenvalue weighted by atomic mass is 10.2. The first kappa shape index (κ1) is 14.1. The fraction of sp³-hybridized carbons (Fsp3) is 0.357. The number of methoxy groups -OCH3 is 1. The number of hydrogen-bond donors (Lipinski definition) is 1. The van der Waals surface area contributed by atoms with Crippen LogP contribution in [0.15, 0.2) is 28.7 Å². The molecular weight excluding hydrogens is 306 g/mol. The highest BCUT2D eigenvalue weighted by atomic mass is 79.9. The molecule has 0 fully saturated rings. The van der Waals surface area contributed by atoms with Gasteiger partial charge in [0.15, 0.2) is 0 Å². The van der Waals surface area contributed by atoms with Crippen molar-refractivity contribution >= 4 is 21.6 Å². The van der Waals surface area contributed by atoms with Crippen molar-refractivity contribution in [2.45, 2.75) is 20.1 Å². The maximum Gasteiger partial charge on any atom is 0.0739 e. The SMILES string of the molecule is COCc1cccc(NCc2c(Br)c(C)nn2C)c1. The zero-order valence-electron chi connectivity index (χ0n) is 11.4. The molecule has 0 spiro atoms. The summed E-state index contributed by atoms with van der Waals surface area (Å²) in [5.41, 5.74) is 4.38. The van der Waals surface area contributed by atoms with Gasteiger partial charge >= 0.3 is 0 Å². The normalized spacial score (nSPS) is 10.7. The van der Waals surface area contributed by atoms with Crippen LogP contribution in [0, 0.1) is 6.92 Å². The van der Waals surface area contributed by atoms with E-state index in [0.717, 1.165) is 33.7 Å². The number of benzene rings is 1. The van der Waals surface area contributed by atoms with E-state index in [4.69, 9.17) is 4.74 Å². The summed E-state index contributed by atoms with van der Waals surface area (Å²) in [6.45, 7) is 3.35. The standard InChI is InChI=1S/C14H18BrN3O/c1-10-14(15)13(18(2)17-10)8-16-12-6-4-5-11(7-12)9-19-3/h4-7,16H,8-9H2,1-3H3. The lowest BCUT2D eigenvalue weighted by Gasteiger charge is -2.09. The minimum absolute atomic E-state index is 0.629. The van der Waals surface area contributed by atoms with Gasteiger partial charge in [-0.3, -0.25) is 4.68 Å². The van der Waals surface area contributed by atoms with Crippen LogP contribution in [-0.2, 0) is 24.9 Å². The van der Waals surface area contributed by atoms with E-state index in [9.17, 15) is 0 Å². The summed E-state index contributed by atoms with van der Waals surface area (Å²) >= 11 is 3.57. The Bertz CT molecular complexity index is 566. The van der Waals surface area contributed by atoms with E-state index in [2.05, 4.69) is 44.5 Å². The van der Waals surface area contributed by atoms with Crippen molar-refractivity contribution in [1.29, 1.82) is 0 Å². The van der Waals surface area contributed by atoms with Crippen molar-refractivity contribution in [3.8, 4) is 0 Å². The van der Waals surface area contributed by atoms with Crippen LogP contribution in [0.2, 0.25) is 0 Å². The number of ether oxygens (including phenoxy) is 1. The van der Waals surface area contributed by atoms with Crippen molar-refractivity contribution in [1.82, 2.24) is 9.78 Å². The first-order valence-corrected chi connectivity index (χ1v) is 6.91. The minimum Gasteiger partial charge on any atom is -0.380 e. The Morgan fingerprint density at radius 2 is 2.21 bits per heavy atom. The highest BCUT2D eigenvalue weighted by molar-refractivity contribution is 9.10. The van der Waals surface area contributed by atoms with E-state index >= 15 is 0 Å². The molecule has 19 heavy (non-hydrogen) atoms. The predicted molar refractivity (Wildman–Crippen MR) is 80.1 cm³/mol. The van der Waals surface area contributed by atoms with Crippen LogP contribution in [0.4, 0.5) is 5.69 Å². The van der Waals surface area contributed by atoms with Crippen LogP contribution in [0.1, 0.15) is 17.0 Å². The molecule has 1 aromatic carbocycles. The van der Waals surface area contributed by atoms with Gasteiger partial charge in [-0.1, -0.05) is 12.1 Å². The number of anilines is 1. The smallest absolute Gasteiger partial charge is 0.0739 e. The second-order valence-electron chi connectivity index (χ2n) is 4.46. The van der Waals surface area contributed by atoms with Crippen molar-refractivity contribution in [2.75, 3.05) is 12.4 Å². The molecule has 2 aromatic rings. The molecule has 2 rings (SSSR count). The van der Waals surface area contributed by atoms with E-state index in [1.165, 1.54) is 0 Å². The zero-order valence-corrected chi connectivity index (χ0v) is 13.0. The van der Waals surface area contributed by atoms with Gasteiger partial charge in [-0.2, -0.15) is 5.10 Å². The molecule has 1 aromatic heterocycles. The summed E-state index contributed by atoms with van der Waals surface area (Å²) in [7, 11) is 3.66. The molecule has 0 aliphatic rings. The third-order valence-corrected chi connectivity index (χ3v) is 3.99. The molecule has 0 radical (unpaired) electrons. The van der Waals surface area contributed by atoms with Crippen LogP contribution in [0.3, 0.4) is 0 Å². The summed E-state index contributed by atoms with van der Waals surface area (Å²) in [5, 5.41) is 7.79. The van der Waals surface area contributed by atoms with E-state index in [-0.39, 0.29) is 0 Å². The molecular formula is C14H18BrN3O. The van der Waals surface area contributed by atoms with Crippen LogP contribution in [0.25, 0.3) is 0 Å². The van der Waals surface area contributed by atoms with Gasteiger partial charge in [-0.25, -0.2) is 0 Å². The Labute approximate surface area is 121 Å². The molecule has 102 valence electrons. The lowest BCUT2D eigenvalue weighted by molar-refractivity contribution is 0.185. The Morgan fingerprint density at radius 3 is 2.84 bits per heavy atom. The maximum atomic E-state index is 5.14. The monoisotopic (exact) mass is 323 g/mol. The Kier molecular flexibility index (Phi) is 4.61. The number of nitrogens with zero attached hydrogens (tertiary/aromatic N) is 2. The fourth-order valence-electron chi connectivity index (χ4n) is 2.00. The summed E-state index contributed by atoms with van der Waals surface area (Å²) in [4.78, 5) is 0. The Hall–Kier alpha value is -1.33. The van der Waals surface area contributed by atoms with Crippen LogP contribution in [0.5, 0.6) is 0 Å². The Morgan fingerprint density at radius 1 is 1.42 bits per heavy atom. The van der Waals surface area contributed by atoms with Crippen molar-refractivity contribution in [3.63, 3.8) is 0 Å². The van der Waals surface area contributed by atoms with Gasteiger partial charge in [0.1, 0.15) is 0 Å². The van der Waals surface area contributed by atoms with Crippen LogP contribution in [-0.4, -0.2) is 16.9 Å². The van der Waals surface area contributed by atoms with Crippen LogP contribution < -0.4 is 5.32 Å². The summed E-state index contributed by atoms with van der Waals surface area (Å²) in [5.74, 6) is 0. The van der Waals surface area contributed by atoms with E-state index < -0.39 is 0 Å². The average molecular weight is 324 g/mol. The van der Waals surface area contributed by atoms with Gasteiger partial charge in [-0.15, -0.1) is 0 Å². The molecule has 1 heterocycles. The second kappa shape index (κ2) is 6.21. The topological polar surface area (TPSA) is 39.1 Å². The first-order chi connectivity index (χ1) is 9.11. The number of nitrogens with one attached hydrogen (secondary N) is 1. The number of rotatable bonds is 5. The summed E-state index contributed by atoms with van der Waals surface area (Å²) < 4.78 is 8.10. The predicted octanol–water partition coefficient (Wildman–Crippen LogP) is 3.25. The molecule has 0 aliphatic carbocycles. The Balaban J connectivity index is 2.08. The van der Waals surface area contributed by atoms with Gasteiger partial charge in [0.2, 0.25) is 0 Å². The molecule has 1 N–H and O–H groups in total. The van der Waals surface area contributed by atoms with Gasteiger partial charge in [-0.05, 0) is 40.5 Å². The fourth-order valence-corrected chi connectivity index (χ4v) is 2.47. The minimum atomic E-state index is 0.629. The van der Waals surface area contributed by atoms with E-state index in [1.807, 2.05) is 24.7 Å². The number of hydrogen-bond acceptors (Lipinski definition) is 3. The maximum absolute atomic E-state index is 5.14. The molecule has 0 saturated heterocycles. The molecule has 4 nitrogen and oxygen atoms in total. The van der Waals surface area contributed by atoms with Crippen molar-refractivity contribution < 1.29 is 4.74 Å². The average Bonchev–Trinajstić information content (AvgIpc) is 2.62. The second-order valence-corrected chi connectivity index (χ2v) is 5.25. The van der Waals surface area contributed by atoms with Crippen LogP contribution >= 0.6 is 15.9 Å². The quantitative estimate of drug-likeness (QED) is 0.918. The third-order valence-electron chi connectivity index (χ3n) is 2.96. The van der Waals surface area contributed by atoms with Gasteiger partial charge in [0.05, 0.1) is 29.0 Å². The molecule has 0 atom stereocenters. The zero-order chi connectivity index (χ0) is 13.8. The summed E-state index contributed by atoms with van der Waals surface area (Å²) in [6, 6.07) is 8.23. The largest absolute Gasteiger partial charge is 0.380 e. The lowest BCUT2D eigenvalue weighted by Crippen LogP contribution is -2.06. The summed E-state index contributed by atoms with van der Waals surface area (Å²) in [6.07, 6.45) is 0. The third kappa shape index (κ3) is 3.36. The molecule has 0 aliphatic heterocycles. The highest BCUT2D eigenvalue weighted by Crippen LogP contribution is 2.21. The first-order valence-electron chi connectivity index (χ1n) is 6.11. The van der Waals surface area contributed by atoms with E-state index in [0.29, 0.717) is 6.61 Å². The number of halogens is 1. The highest BCUT2D eigenvalue weighted by Gasteiger charge is 2.09.